The van der Waals surface area contributed by atoms with Crippen molar-refractivity contribution >= 4 is 17.3 Å². The number of nitrogens with zero attached hydrogens (tertiary/aromatic N) is 1. The van der Waals surface area contributed by atoms with E-state index in [1.807, 2.05) is 6.07 Å². The Morgan fingerprint density at radius 1 is 1.50 bits per heavy atom. The molecule has 1 amide bonds. The predicted molar refractivity (Wildman–Crippen MR) is 67.8 cm³/mol. The van der Waals surface area contributed by atoms with E-state index in [1.54, 1.807) is 12.1 Å². The van der Waals surface area contributed by atoms with E-state index >= 15 is 0 Å². The Morgan fingerprint density at radius 2 is 2.33 bits per heavy atom. The highest BCUT2D eigenvalue weighted by molar-refractivity contribution is 5.96. The van der Waals surface area contributed by atoms with Crippen molar-refractivity contribution in [3.63, 3.8) is 0 Å². The molecule has 1 aliphatic heterocycles. The number of nitriles is 1. The Balaban J connectivity index is 2.04. The summed E-state index contributed by atoms with van der Waals surface area (Å²) in [6.45, 7) is 0.626. The van der Waals surface area contributed by atoms with E-state index in [0.29, 0.717) is 23.5 Å². The van der Waals surface area contributed by atoms with E-state index < -0.39 is 6.10 Å². The largest absolute Gasteiger partial charge is 0.397 e. The van der Waals surface area contributed by atoms with E-state index in [9.17, 15) is 4.79 Å². The number of carbonyl (C=O) groups excluding carboxylic acids is 1. The Hall–Kier alpha value is -2.06. The zero-order chi connectivity index (χ0) is 13.0. The fraction of sp³-hybridized carbons (Fsp3) is 0.385. The summed E-state index contributed by atoms with van der Waals surface area (Å²) in [5, 5.41) is 11.5. The lowest BCUT2D eigenvalue weighted by atomic mass is 10.1. The van der Waals surface area contributed by atoms with Gasteiger partial charge < -0.3 is 15.8 Å². The van der Waals surface area contributed by atoms with E-state index in [0.717, 1.165) is 19.3 Å². The van der Waals surface area contributed by atoms with Crippen LogP contribution in [0.25, 0.3) is 0 Å². The first-order valence-corrected chi connectivity index (χ1v) is 5.93. The van der Waals surface area contributed by atoms with Crippen LogP contribution < -0.4 is 11.1 Å². The molecule has 1 unspecified atom stereocenters. The number of nitrogen functional groups attached to an aromatic ring is 1. The summed E-state index contributed by atoms with van der Waals surface area (Å²) in [4.78, 5) is 11.9. The van der Waals surface area contributed by atoms with Crippen molar-refractivity contribution < 1.29 is 9.53 Å². The Labute approximate surface area is 106 Å². The van der Waals surface area contributed by atoms with Gasteiger partial charge in [-0.05, 0) is 37.5 Å². The summed E-state index contributed by atoms with van der Waals surface area (Å²) >= 11 is 0. The van der Waals surface area contributed by atoms with Crippen molar-refractivity contribution in [1.82, 2.24) is 0 Å². The molecule has 1 saturated heterocycles. The monoisotopic (exact) mass is 245 g/mol. The Kier molecular flexibility index (Phi) is 3.80. The molecule has 1 aromatic carbocycles. The summed E-state index contributed by atoms with van der Waals surface area (Å²) in [6.07, 6.45) is 2.35. The first-order chi connectivity index (χ1) is 8.70. The topological polar surface area (TPSA) is 88.1 Å². The van der Waals surface area contributed by atoms with E-state index in [2.05, 4.69) is 5.32 Å². The van der Waals surface area contributed by atoms with Crippen LogP contribution in [-0.2, 0) is 9.53 Å². The van der Waals surface area contributed by atoms with Crippen molar-refractivity contribution in [3.8, 4) is 6.07 Å². The average Bonchev–Trinajstić information content (AvgIpc) is 2.42. The van der Waals surface area contributed by atoms with Crippen molar-refractivity contribution in [3.05, 3.63) is 23.8 Å². The lowest BCUT2D eigenvalue weighted by molar-refractivity contribution is -0.129. The minimum Gasteiger partial charge on any atom is -0.397 e. The summed E-state index contributed by atoms with van der Waals surface area (Å²) < 4.78 is 5.39. The number of ether oxygens (including phenoxy) is 1. The number of rotatable bonds is 2. The fourth-order valence-corrected chi connectivity index (χ4v) is 1.91. The quantitative estimate of drug-likeness (QED) is 0.775. The standard InChI is InChI=1S/C13H15N3O2/c14-8-9-4-5-11(10(15)7-9)16-13(17)12-3-1-2-6-18-12/h4-5,7,12H,1-3,6,15H2,(H,16,17). The molecule has 18 heavy (non-hydrogen) atoms. The third-order valence-corrected chi connectivity index (χ3v) is 2.91. The molecule has 1 aliphatic rings. The van der Waals surface area contributed by atoms with Gasteiger partial charge in [-0.2, -0.15) is 5.26 Å². The van der Waals surface area contributed by atoms with Gasteiger partial charge in [0.1, 0.15) is 6.10 Å². The van der Waals surface area contributed by atoms with Gasteiger partial charge in [0.05, 0.1) is 23.0 Å². The smallest absolute Gasteiger partial charge is 0.253 e. The van der Waals surface area contributed by atoms with Gasteiger partial charge in [-0.15, -0.1) is 0 Å². The second-order valence-electron chi connectivity index (χ2n) is 4.26. The highest BCUT2D eigenvalue weighted by Crippen LogP contribution is 2.21. The molecule has 2 rings (SSSR count). The summed E-state index contributed by atoms with van der Waals surface area (Å²) in [5.74, 6) is -0.175. The van der Waals surface area contributed by atoms with Crippen LogP contribution in [-0.4, -0.2) is 18.6 Å². The molecule has 3 N–H and O–H groups in total. The molecule has 5 heteroatoms. The number of anilines is 2. The van der Waals surface area contributed by atoms with Crippen molar-refractivity contribution in [2.45, 2.75) is 25.4 Å². The maximum Gasteiger partial charge on any atom is 0.253 e. The molecule has 94 valence electrons. The number of nitrogens with one attached hydrogen (secondary N) is 1. The highest BCUT2D eigenvalue weighted by Gasteiger charge is 2.22. The summed E-state index contributed by atoms with van der Waals surface area (Å²) in [7, 11) is 0. The van der Waals surface area contributed by atoms with Crippen LogP contribution >= 0.6 is 0 Å². The summed E-state index contributed by atoms with van der Waals surface area (Å²) in [6, 6.07) is 6.79. The first kappa shape index (κ1) is 12.4. The zero-order valence-corrected chi connectivity index (χ0v) is 9.98. The van der Waals surface area contributed by atoms with E-state index in [4.69, 9.17) is 15.7 Å². The van der Waals surface area contributed by atoms with Crippen LogP contribution in [0.15, 0.2) is 18.2 Å². The van der Waals surface area contributed by atoms with Crippen LogP contribution in [0.4, 0.5) is 11.4 Å². The number of amides is 1. The lowest BCUT2D eigenvalue weighted by Gasteiger charge is -2.22. The van der Waals surface area contributed by atoms with Gasteiger partial charge >= 0.3 is 0 Å². The number of benzene rings is 1. The van der Waals surface area contributed by atoms with Crippen molar-refractivity contribution in [2.75, 3.05) is 17.7 Å². The molecule has 0 aromatic heterocycles. The molecular formula is C13H15N3O2. The van der Waals surface area contributed by atoms with Gasteiger partial charge in [0.15, 0.2) is 0 Å². The molecule has 0 bridgehead atoms. The fourth-order valence-electron chi connectivity index (χ4n) is 1.91. The van der Waals surface area contributed by atoms with Crippen LogP contribution in [0.2, 0.25) is 0 Å². The third kappa shape index (κ3) is 2.79. The molecule has 0 saturated carbocycles. The average molecular weight is 245 g/mol. The molecule has 1 aromatic rings. The molecule has 1 heterocycles. The number of hydrogen-bond acceptors (Lipinski definition) is 4. The normalized spacial score (nSPS) is 18.9. The Morgan fingerprint density at radius 3 is 2.94 bits per heavy atom. The van der Waals surface area contributed by atoms with Crippen LogP contribution in [0, 0.1) is 11.3 Å². The lowest BCUT2D eigenvalue weighted by Crippen LogP contribution is -2.33. The van der Waals surface area contributed by atoms with Gasteiger partial charge in [0.2, 0.25) is 0 Å². The molecule has 5 nitrogen and oxygen atoms in total. The first-order valence-electron chi connectivity index (χ1n) is 5.93. The molecule has 0 aliphatic carbocycles. The minimum atomic E-state index is -0.395. The van der Waals surface area contributed by atoms with Gasteiger partial charge in [0, 0.05) is 6.61 Å². The highest BCUT2D eigenvalue weighted by atomic mass is 16.5. The third-order valence-electron chi connectivity index (χ3n) is 2.91. The zero-order valence-electron chi connectivity index (χ0n) is 9.98. The van der Waals surface area contributed by atoms with E-state index in [1.165, 1.54) is 6.07 Å². The van der Waals surface area contributed by atoms with Gasteiger partial charge in [-0.3, -0.25) is 4.79 Å². The second-order valence-corrected chi connectivity index (χ2v) is 4.26. The van der Waals surface area contributed by atoms with Gasteiger partial charge in [0.25, 0.3) is 5.91 Å². The molecule has 1 atom stereocenters. The molecule has 0 spiro atoms. The van der Waals surface area contributed by atoms with Crippen LogP contribution in [0.1, 0.15) is 24.8 Å². The van der Waals surface area contributed by atoms with Gasteiger partial charge in [-0.1, -0.05) is 0 Å². The van der Waals surface area contributed by atoms with Crippen molar-refractivity contribution in [1.29, 1.82) is 5.26 Å². The van der Waals surface area contributed by atoms with Crippen molar-refractivity contribution in [2.24, 2.45) is 0 Å². The molecule has 1 fully saturated rings. The Bertz CT molecular complexity index is 487. The van der Waals surface area contributed by atoms with Crippen LogP contribution in [0.3, 0.4) is 0 Å². The van der Waals surface area contributed by atoms with Crippen LogP contribution in [0.5, 0.6) is 0 Å². The number of hydrogen-bond donors (Lipinski definition) is 2. The number of nitrogens with two attached hydrogens (primary N) is 1. The maximum absolute atomic E-state index is 11.9. The predicted octanol–water partition coefficient (Wildman–Crippen LogP) is 1.65. The SMILES string of the molecule is N#Cc1ccc(NC(=O)C2CCCCO2)c(N)c1. The van der Waals surface area contributed by atoms with E-state index in [-0.39, 0.29) is 5.91 Å². The molecule has 0 radical (unpaired) electrons. The molecular weight excluding hydrogens is 230 g/mol. The minimum absolute atomic E-state index is 0.175. The number of carbonyl (C=O) groups is 1. The van der Waals surface area contributed by atoms with Gasteiger partial charge in [-0.25, -0.2) is 0 Å². The summed E-state index contributed by atoms with van der Waals surface area (Å²) in [5.41, 5.74) is 7.15. The second kappa shape index (κ2) is 5.52. The maximum atomic E-state index is 11.9.